The van der Waals surface area contributed by atoms with E-state index in [2.05, 4.69) is 34.4 Å². The van der Waals surface area contributed by atoms with Crippen molar-refractivity contribution in [3.63, 3.8) is 0 Å². The Hall–Kier alpha value is -0.940. The number of rotatable bonds is 6. The van der Waals surface area contributed by atoms with Crippen molar-refractivity contribution >= 4 is 0 Å². The van der Waals surface area contributed by atoms with Crippen LogP contribution in [0, 0.1) is 0 Å². The van der Waals surface area contributed by atoms with E-state index in [1.807, 2.05) is 7.05 Å². The van der Waals surface area contributed by atoms with Crippen molar-refractivity contribution in [1.82, 2.24) is 25.0 Å². The molecule has 0 radical (unpaired) electrons. The van der Waals surface area contributed by atoms with Crippen LogP contribution in [-0.2, 0) is 13.6 Å². The minimum Gasteiger partial charge on any atom is -0.310 e. The second-order valence-corrected chi connectivity index (χ2v) is 3.67. The number of nitrogens with one attached hydrogen (secondary N) is 1. The Labute approximate surface area is 85.1 Å². The van der Waals surface area contributed by atoms with Gasteiger partial charge in [-0.05, 0) is 33.6 Å². The van der Waals surface area contributed by atoms with E-state index in [0.717, 1.165) is 31.9 Å². The molecule has 0 aliphatic carbocycles. The zero-order valence-corrected chi connectivity index (χ0v) is 9.19. The molecule has 1 aromatic heterocycles. The summed E-state index contributed by atoms with van der Waals surface area (Å²) >= 11 is 0. The van der Waals surface area contributed by atoms with Crippen LogP contribution in [0.3, 0.4) is 0 Å². The van der Waals surface area contributed by atoms with Crippen molar-refractivity contribution in [2.24, 2.45) is 7.05 Å². The SMILES string of the molecule is CN(C)CCCNCc1ncn(C)n1. The topological polar surface area (TPSA) is 46.0 Å². The maximum Gasteiger partial charge on any atom is 0.164 e. The van der Waals surface area contributed by atoms with Gasteiger partial charge in [0, 0.05) is 7.05 Å². The minimum atomic E-state index is 0.758. The van der Waals surface area contributed by atoms with E-state index in [4.69, 9.17) is 0 Å². The highest BCUT2D eigenvalue weighted by molar-refractivity contribution is 4.79. The van der Waals surface area contributed by atoms with Crippen LogP contribution in [0.2, 0.25) is 0 Å². The van der Waals surface area contributed by atoms with Gasteiger partial charge in [-0.2, -0.15) is 5.10 Å². The maximum absolute atomic E-state index is 4.18. The Morgan fingerprint density at radius 1 is 1.50 bits per heavy atom. The van der Waals surface area contributed by atoms with Crippen LogP contribution in [0.25, 0.3) is 0 Å². The summed E-state index contributed by atoms with van der Waals surface area (Å²) in [5.41, 5.74) is 0. The van der Waals surface area contributed by atoms with Crippen molar-refractivity contribution in [3.05, 3.63) is 12.2 Å². The highest BCUT2D eigenvalue weighted by Gasteiger charge is 1.97. The van der Waals surface area contributed by atoms with Crippen LogP contribution < -0.4 is 5.32 Å². The molecule has 1 N–H and O–H groups in total. The first-order chi connectivity index (χ1) is 6.68. The van der Waals surface area contributed by atoms with Gasteiger partial charge in [0.05, 0.1) is 6.54 Å². The molecule has 0 aromatic carbocycles. The third-order valence-corrected chi connectivity index (χ3v) is 1.89. The van der Waals surface area contributed by atoms with E-state index in [-0.39, 0.29) is 0 Å². The fourth-order valence-electron chi connectivity index (χ4n) is 1.19. The van der Waals surface area contributed by atoms with E-state index >= 15 is 0 Å². The number of hydrogen-bond acceptors (Lipinski definition) is 4. The van der Waals surface area contributed by atoms with Crippen LogP contribution in [0.1, 0.15) is 12.2 Å². The summed E-state index contributed by atoms with van der Waals surface area (Å²) in [5.74, 6) is 0.859. The van der Waals surface area contributed by atoms with E-state index in [0.29, 0.717) is 0 Å². The van der Waals surface area contributed by atoms with Crippen molar-refractivity contribution < 1.29 is 0 Å². The Bertz CT molecular complexity index is 255. The summed E-state index contributed by atoms with van der Waals surface area (Å²) in [4.78, 5) is 6.31. The van der Waals surface area contributed by atoms with Gasteiger partial charge in [-0.1, -0.05) is 0 Å². The molecule has 5 heteroatoms. The second-order valence-electron chi connectivity index (χ2n) is 3.67. The second kappa shape index (κ2) is 5.72. The van der Waals surface area contributed by atoms with Gasteiger partial charge in [0.15, 0.2) is 5.82 Å². The lowest BCUT2D eigenvalue weighted by Crippen LogP contribution is -2.21. The predicted octanol–water partition coefficient (Wildman–Crippen LogP) is -0.144. The molecule has 0 unspecified atom stereocenters. The Morgan fingerprint density at radius 2 is 2.29 bits per heavy atom. The van der Waals surface area contributed by atoms with Gasteiger partial charge in [0.25, 0.3) is 0 Å². The Kier molecular flexibility index (Phi) is 4.55. The van der Waals surface area contributed by atoms with Crippen molar-refractivity contribution in [3.8, 4) is 0 Å². The molecule has 80 valence electrons. The van der Waals surface area contributed by atoms with Crippen molar-refractivity contribution in [2.45, 2.75) is 13.0 Å². The van der Waals surface area contributed by atoms with Crippen LogP contribution in [0.5, 0.6) is 0 Å². The molecule has 5 nitrogen and oxygen atoms in total. The van der Waals surface area contributed by atoms with E-state index in [1.54, 1.807) is 11.0 Å². The largest absolute Gasteiger partial charge is 0.310 e. The van der Waals surface area contributed by atoms with Gasteiger partial charge in [-0.25, -0.2) is 4.98 Å². The number of hydrogen-bond donors (Lipinski definition) is 1. The molecular weight excluding hydrogens is 178 g/mol. The summed E-state index contributed by atoms with van der Waals surface area (Å²) in [6.45, 7) is 2.88. The third-order valence-electron chi connectivity index (χ3n) is 1.89. The van der Waals surface area contributed by atoms with Gasteiger partial charge in [-0.3, -0.25) is 4.68 Å². The molecule has 1 heterocycles. The number of aryl methyl sites for hydroxylation is 1. The fraction of sp³-hybridized carbons (Fsp3) is 0.778. The smallest absolute Gasteiger partial charge is 0.164 e. The van der Waals surface area contributed by atoms with Gasteiger partial charge in [0.1, 0.15) is 6.33 Å². The first kappa shape index (κ1) is 11.1. The van der Waals surface area contributed by atoms with Crippen LogP contribution in [0.15, 0.2) is 6.33 Å². The molecule has 0 bridgehead atoms. The lowest BCUT2D eigenvalue weighted by Gasteiger charge is -2.08. The average molecular weight is 197 g/mol. The monoisotopic (exact) mass is 197 g/mol. The molecule has 1 rings (SSSR count). The average Bonchev–Trinajstić information content (AvgIpc) is 2.50. The summed E-state index contributed by atoms with van der Waals surface area (Å²) in [6.07, 6.45) is 2.87. The van der Waals surface area contributed by atoms with Gasteiger partial charge in [-0.15, -0.1) is 0 Å². The molecule has 0 atom stereocenters. The van der Waals surface area contributed by atoms with Crippen LogP contribution >= 0.6 is 0 Å². The molecular formula is C9H19N5. The molecule has 0 amide bonds. The van der Waals surface area contributed by atoms with Crippen LogP contribution in [0.4, 0.5) is 0 Å². The highest BCUT2D eigenvalue weighted by Crippen LogP contribution is 1.87. The molecule has 0 aliphatic rings. The lowest BCUT2D eigenvalue weighted by atomic mass is 10.4. The minimum absolute atomic E-state index is 0.758. The van der Waals surface area contributed by atoms with Crippen LogP contribution in [-0.4, -0.2) is 46.8 Å². The Morgan fingerprint density at radius 3 is 2.86 bits per heavy atom. The van der Waals surface area contributed by atoms with E-state index in [9.17, 15) is 0 Å². The first-order valence-electron chi connectivity index (χ1n) is 4.88. The van der Waals surface area contributed by atoms with E-state index < -0.39 is 0 Å². The molecule has 0 spiro atoms. The van der Waals surface area contributed by atoms with Gasteiger partial charge >= 0.3 is 0 Å². The first-order valence-corrected chi connectivity index (χ1v) is 4.88. The fourth-order valence-corrected chi connectivity index (χ4v) is 1.19. The molecule has 0 saturated heterocycles. The summed E-state index contributed by atoms with van der Waals surface area (Å²) in [5, 5.41) is 7.48. The zero-order valence-electron chi connectivity index (χ0n) is 9.19. The standard InChI is InChI=1S/C9H19N5/c1-13(2)6-4-5-10-7-9-11-8-14(3)12-9/h8,10H,4-7H2,1-3H3. The normalized spacial score (nSPS) is 11.1. The third kappa shape index (κ3) is 4.34. The summed E-state index contributed by atoms with van der Waals surface area (Å²) < 4.78 is 1.72. The molecule has 0 saturated carbocycles. The summed E-state index contributed by atoms with van der Waals surface area (Å²) in [7, 11) is 6.04. The predicted molar refractivity (Wildman–Crippen MR) is 55.9 cm³/mol. The Balaban J connectivity index is 2.04. The van der Waals surface area contributed by atoms with Crippen molar-refractivity contribution in [2.75, 3.05) is 27.2 Å². The molecule has 1 aromatic rings. The molecule has 0 aliphatic heterocycles. The van der Waals surface area contributed by atoms with E-state index in [1.165, 1.54) is 0 Å². The number of aromatic nitrogens is 3. The van der Waals surface area contributed by atoms with Crippen molar-refractivity contribution in [1.29, 1.82) is 0 Å². The quantitative estimate of drug-likeness (QED) is 0.645. The molecule has 14 heavy (non-hydrogen) atoms. The lowest BCUT2D eigenvalue weighted by molar-refractivity contribution is 0.394. The highest BCUT2D eigenvalue weighted by atomic mass is 15.3. The maximum atomic E-state index is 4.18. The summed E-state index contributed by atoms with van der Waals surface area (Å²) in [6, 6.07) is 0. The number of nitrogens with zero attached hydrogens (tertiary/aromatic N) is 4. The zero-order chi connectivity index (χ0) is 10.4. The van der Waals surface area contributed by atoms with Gasteiger partial charge in [0.2, 0.25) is 0 Å². The molecule has 0 fully saturated rings. The van der Waals surface area contributed by atoms with Gasteiger partial charge < -0.3 is 10.2 Å².